The maximum Gasteiger partial charge on any atom is 0.323 e. The molecule has 1 saturated carbocycles. The van der Waals surface area contributed by atoms with Crippen LogP contribution in [0.5, 0.6) is 0 Å². The first-order valence-electron chi connectivity index (χ1n) is 5.33. The lowest BCUT2D eigenvalue weighted by Gasteiger charge is -2.37. The number of carbonyl (C=O) groups is 1. The molecule has 0 aromatic rings. The highest BCUT2D eigenvalue weighted by molar-refractivity contribution is 5.77. The number of aliphatic hydroxyl groups is 1. The molecule has 2 fully saturated rings. The predicted molar refractivity (Wildman–Crippen MR) is 50.8 cm³/mol. The summed E-state index contributed by atoms with van der Waals surface area (Å²) in [5, 5.41) is 11.9. The first-order valence-corrected chi connectivity index (χ1v) is 5.33. The maximum absolute atomic E-state index is 11.5. The molecule has 1 heterocycles. The van der Waals surface area contributed by atoms with Crippen molar-refractivity contribution in [3.05, 3.63) is 0 Å². The molecule has 1 atom stereocenters. The van der Waals surface area contributed by atoms with Gasteiger partial charge in [-0.15, -0.1) is 0 Å². The Balaban J connectivity index is 1.95. The third-order valence-electron chi connectivity index (χ3n) is 3.20. The molecule has 2 rings (SSSR count). The molecule has 0 aromatic heterocycles. The highest BCUT2D eigenvalue weighted by Gasteiger charge is 2.43. The monoisotopic (exact) mass is 199 g/mol. The number of carbonyl (C=O) groups excluding carboxylic acids is 1. The fourth-order valence-electron chi connectivity index (χ4n) is 2.36. The highest BCUT2D eigenvalue weighted by Crippen LogP contribution is 2.35. The molecular formula is C10H17NO3. The van der Waals surface area contributed by atoms with Crippen LogP contribution in [0, 0.1) is 0 Å². The summed E-state index contributed by atoms with van der Waals surface area (Å²) in [5.41, 5.74) is -0.219. The Kier molecular flexibility index (Phi) is 2.74. The van der Waals surface area contributed by atoms with E-state index in [1.54, 1.807) is 0 Å². The molecule has 2 aliphatic rings. The van der Waals surface area contributed by atoms with Crippen LogP contribution in [-0.2, 0) is 9.53 Å². The van der Waals surface area contributed by atoms with E-state index in [9.17, 15) is 4.79 Å². The minimum Gasteiger partial charge on any atom is -0.457 e. The van der Waals surface area contributed by atoms with Gasteiger partial charge in [-0.05, 0) is 32.1 Å². The number of morpholine rings is 1. The summed E-state index contributed by atoms with van der Waals surface area (Å²) < 4.78 is 5.49. The van der Waals surface area contributed by atoms with Gasteiger partial charge in [-0.1, -0.05) is 0 Å². The molecule has 1 aliphatic carbocycles. The van der Waals surface area contributed by atoms with Crippen molar-refractivity contribution < 1.29 is 14.6 Å². The van der Waals surface area contributed by atoms with Crippen molar-refractivity contribution in [1.82, 2.24) is 5.32 Å². The van der Waals surface area contributed by atoms with Gasteiger partial charge in [0.05, 0.1) is 0 Å². The smallest absolute Gasteiger partial charge is 0.323 e. The second kappa shape index (κ2) is 3.87. The first-order chi connectivity index (χ1) is 6.76. The van der Waals surface area contributed by atoms with Gasteiger partial charge >= 0.3 is 5.97 Å². The minimum absolute atomic E-state index is 0.0275. The lowest BCUT2D eigenvalue weighted by atomic mass is 9.98. The number of hydrogen-bond acceptors (Lipinski definition) is 4. The average Bonchev–Trinajstić information content (AvgIpc) is 2.59. The molecule has 0 amide bonds. The molecular weight excluding hydrogens is 182 g/mol. The van der Waals surface area contributed by atoms with Crippen LogP contribution in [0.15, 0.2) is 0 Å². The zero-order valence-corrected chi connectivity index (χ0v) is 8.29. The van der Waals surface area contributed by atoms with Gasteiger partial charge in [-0.25, -0.2) is 0 Å². The third kappa shape index (κ3) is 1.77. The number of ether oxygens (including phenoxy) is 1. The summed E-state index contributed by atoms with van der Waals surface area (Å²) >= 11 is 0. The largest absolute Gasteiger partial charge is 0.457 e. The van der Waals surface area contributed by atoms with E-state index in [2.05, 4.69) is 5.32 Å². The van der Waals surface area contributed by atoms with Crippen molar-refractivity contribution in [2.45, 2.75) is 43.7 Å². The highest BCUT2D eigenvalue weighted by atomic mass is 16.6. The number of esters is 1. The number of rotatable bonds is 2. The third-order valence-corrected chi connectivity index (χ3v) is 3.20. The van der Waals surface area contributed by atoms with Gasteiger partial charge in [-0.3, -0.25) is 4.79 Å². The zero-order chi connectivity index (χ0) is 10.0. The molecule has 1 spiro atoms. The van der Waals surface area contributed by atoms with E-state index in [1.165, 1.54) is 0 Å². The summed E-state index contributed by atoms with van der Waals surface area (Å²) in [7, 11) is 0. The van der Waals surface area contributed by atoms with Crippen LogP contribution >= 0.6 is 0 Å². The lowest BCUT2D eigenvalue weighted by molar-refractivity contribution is -0.169. The van der Waals surface area contributed by atoms with E-state index >= 15 is 0 Å². The van der Waals surface area contributed by atoms with Crippen molar-refractivity contribution in [2.24, 2.45) is 0 Å². The van der Waals surface area contributed by atoms with Gasteiger partial charge in [0, 0.05) is 13.2 Å². The molecule has 2 N–H and O–H groups in total. The van der Waals surface area contributed by atoms with Crippen molar-refractivity contribution >= 4 is 5.97 Å². The van der Waals surface area contributed by atoms with E-state index < -0.39 is 0 Å². The van der Waals surface area contributed by atoms with Crippen LogP contribution in [0.3, 0.4) is 0 Å². The van der Waals surface area contributed by atoms with E-state index in [0.29, 0.717) is 6.42 Å². The summed E-state index contributed by atoms with van der Waals surface area (Å²) in [5.74, 6) is -0.188. The van der Waals surface area contributed by atoms with Crippen LogP contribution < -0.4 is 5.32 Å². The molecule has 0 bridgehead atoms. The predicted octanol–water partition coefficient (Wildman–Crippen LogP) is 0.197. The second-order valence-electron chi connectivity index (χ2n) is 4.26. The molecule has 1 unspecified atom stereocenters. The summed E-state index contributed by atoms with van der Waals surface area (Å²) in [6.45, 7) is 0.781. The molecule has 0 radical (unpaired) electrons. The van der Waals surface area contributed by atoms with Crippen LogP contribution in [0.4, 0.5) is 0 Å². The van der Waals surface area contributed by atoms with Crippen LogP contribution in [0.2, 0.25) is 0 Å². The van der Waals surface area contributed by atoms with Crippen molar-refractivity contribution in [3.8, 4) is 0 Å². The summed E-state index contributed by atoms with van der Waals surface area (Å²) in [6, 6.07) is -0.300. The summed E-state index contributed by atoms with van der Waals surface area (Å²) in [6.07, 6.45) is 4.73. The normalized spacial score (nSPS) is 30.6. The fraction of sp³-hybridized carbons (Fsp3) is 0.900. The van der Waals surface area contributed by atoms with E-state index in [-0.39, 0.29) is 24.2 Å². The van der Waals surface area contributed by atoms with E-state index in [4.69, 9.17) is 9.84 Å². The molecule has 1 saturated heterocycles. The Morgan fingerprint density at radius 1 is 1.50 bits per heavy atom. The molecule has 14 heavy (non-hydrogen) atoms. The molecule has 1 aliphatic heterocycles. The lowest BCUT2D eigenvalue weighted by Crippen LogP contribution is -2.56. The quantitative estimate of drug-likeness (QED) is 0.624. The standard InChI is InChI=1S/C10H17NO3/c12-6-3-8-9(13)14-10(7-11-8)4-1-2-5-10/h8,11-12H,1-7H2. The second-order valence-corrected chi connectivity index (χ2v) is 4.26. The first kappa shape index (κ1) is 9.93. The van der Waals surface area contributed by atoms with Gasteiger partial charge in [0.1, 0.15) is 11.6 Å². The SMILES string of the molecule is O=C1OC2(CCCC2)CNC1CCO. The Labute approximate surface area is 83.6 Å². The van der Waals surface area contributed by atoms with Gasteiger partial charge in [0.15, 0.2) is 0 Å². The van der Waals surface area contributed by atoms with Crippen molar-refractivity contribution in [3.63, 3.8) is 0 Å². The Hall–Kier alpha value is -0.610. The van der Waals surface area contributed by atoms with Gasteiger partial charge in [0.2, 0.25) is 0 Å². The van der Waals surface area contributed by atoms with Crippen LogP contribution in [-0.4, -0.2) is 35.9 Å². The number of hydrogen-bond donors (Lipinski definition) is 2. The van der Waals surface area contributed by atoms with Crippen molar-refractivity contribution in [2.75, 3.05) is 13.2 Å². The molecule has 80 valence electrons. The molecule has 4 heteroatoms. The maximum atomic E-state index is 11.5. The Morgan fingerprint density at radius 2 is 2.21 bits per heavy atom. The molecule has 0 aromatic carbocycles. The van der Waals surface area contributed by atoms with Crippen LogP contribution in [0.25, 0.3) is 0 Å². The van der Waals surface area contributed by atoms with Gasteiger partial charge in [-0.2, -0.15) is 0 Å². The van der Waals surface area contributed by atoms with E-state index in [0.717, 1.165) is 32.2 Å². The summed E-state index contributed by atoms with van der Waals surface area (Å²) in [4.78, 5) is 11.5. The zero-order valence-electron chi connectivity index (χ0n) is 8.29. The number of aliphatic hydroxyl groups excluding tert-OH is 1. The van der Waals surface area contributed by atoms with Gasteiger partial charge in [0.25, 0.3) is 0 Å². The van der Waals surface area contributed by atoms with E-state index in [1.807, 2.05) is 0 Å². The van der Waals surface area contributed by atoms with Crippen molar-refractivity contribution in [1.29, 1.82) is 0 Å². The van der Waals surface area contributed by atoms with Crippen LogP contribution in [0.1, 0.15) is 32.1 Å². The number of nitrogens with one attached hydrogen (secondary N) is 1. The Morgan fingerprint density at radius 3 is 2.79 bits per heavy atom. The van der Waals surface area contributed by atoms with Gasteiger partial charge < -0.3 is 15.2 Å². The Bertz CT molecular complexity index is 223. The topological polar surface area (TPSA) is 58.6 Å². The average molecular weight is 199 g/mol. The minimum atomic E-state index is -0.300. The fourth-order valence-corrected chi connectivity index (χ4v) is 2.36. The molecule has 4 nitrogen and oxygen atoms in total.